The molecular formula is C22H30N2O4. The number of carbonyl (C=O) groups excluding carboxylic acids is 1. The topological polar surface area (TPSA) is 71.8 Å². The summed E-state index contributed by atoms with van der Waals surface area (Å²) < 4.78 is 6.95. The van der Waals surface area contributed by atoms with Crippen molar-refractivity contribution in [1.29, 1.82) is 0 Å². The Morgan fingerprint density at radius 1 is 1.32 bits per heavy atom. The smallest absolute Gasteiger partial charge is 0.311 e. The predicted octanol–water partition coefficient (Wildman–Crippen LogP) is 2.21. The van der Waals surface area contributed by atoms with Crippen LogP contribution in [0.3, 0.4) is 0 Å². The molecule has 6 heteroatoms. The van der Waals surface area contributed by atoms with Crippen LogP contribution in [-0.2, 0) is 16.1 Å². The predicted molar refractivity (Wildman–Crippen MR) is 107 cm³/mol. The van der Waals surface area contributed by atoms with E-state index in [-0.39, 0.29) is 36.1 Å². The first-order valence-corrected chi connectivity index (χ1v) is 10.4. The van der Waals surface area contributed by atoms with E-state index in [1.54, 1.807) is 0 Å². The number of carbonyl (C=O) groups is 1. The lowest BCUT2D eigenvalue weighted by atomic mass is 9.87. The largest absolute Gasteiger partial charge is 0.469 e. The van der Waals surface area contributed by atoms with Crippen LogP contribution < -0.4 is 5.56 Å². The number of aromatic nitrogens is 1. The Morgan fingerprint density at radius 3 is 2.71 bits per heavy atom. The zero-order valence-electron chi connectivity index (χ0n) is 16.7. The van der Waals surface area contributed by atoms with E-state index in [4.69, 9.17) is 4.74 Å². The highest BCUT2D eigenvalue weighted by atomic mass is 16.5. The summed E-state index contributed by atoms with van der Waals surface area (Å²) in [5.41, 5.74) is 1.51. The molecule has 0 aromatic carbocycles. The molecule has 1 N–H and O–H groups in total. The number of esters is 1. The summed E-state index contributed by atoms with van der Waals surface area (Å²) in [6, 6.07) is 3.60. The molecule has 0 radical (unpaired) electrons. The maximum absolute atomic E-state index is 13.0. The van der Waals surface area contributed by atoms with Gasteiger partial charge in [-0.3, -0.25) is 14.5 Å². The van der Waals surface area contributed by atoms with Crippen LogP contribution in [0.2, 0.25) is 0 Å². The van der Waals surface area contributed by atoms with Gasteiger partial charge >= 0.3 is 5.97 Å². The highest BCUT2D eigenvalue weighted by Crippen LogP contribution is 2.49. The van der Waals surface area contributed by atoms with Crippen molar-refractivity contribution >= 4 is 12.0 Å². The van der Waals surface area contributed by atoms with Crippen molar-refractivity contribution in [2.24, 2.45) is 17.8 Å². The average Bonchev–Trinajstić information content (AvgIpc) is 3.28. The quantitative estimate of drug-likeness (QED) is 0.786. The Bertz CT molecular complexity index is 824. The molecule has 4 rings (SSSR count). The lowest BCUT2D eigenvalue weighted by Gasteiger charge is -2.39. The monoisotopic (exact) mass is 386 g/mol. The van der Waals surface area contributed by atoms with Gasteiger partial charge in [0.2, 0.25) is 0 Å². The van der Waals surface area contributed by atoms with Crippen molar-refractivity contribution in [3.63, 3.8) is 0 Å². The summed E-state index contributed by atoms with van der Waals surface area (Å²) in [4.78, 5) is 28.1. The zero-order chi connectivity index (χ0) is 19.8. The third-order valence-corrected chi connectivity index (χ3v) is 6.96. The van der Waals surface area contributed by atoms with Crippen LogP contribution in [0.25, 0.3) is 6.08 Å². The molecule has 28 heavy (non-hydrogen) atoms. The summed E-state index contributed by atoms with van der Waals surface area (Å²) >= 11 is 0. The van der Waals surface area contributed by atoms with Gasteiger partial charge in [0.15, 0.2) is 0 Å². The lowest BCUT2D eigenvalue weighted by Crippen LogP contribution is -2.48. The second kappa shape index (κ2) is 7.84. The number of ether oxygens (including phenoxy) is 1. The molecule has 3 heterocycles. The molecule has 1 saturated carbocycles. The molecule has 0 spiro atoms. The molecule has 152 valence electrons. The van der Waals surface area contributed by atoms with Crippen LogP contribution in [0.4, 0.5) is 0 Å². The van der Waals surface area contributed by atoms with Gasteiger partial charge in [-0.15, -0.1) is 0 Å². The number of pyridine rings is 1. The fraction of sp³-hybridized carbons (Fsp3) is 0.636. The Kier molecular flexibility index (Phi) is 5.43. The van der Waals surface area contributed by atoms with Gasteiger partial charge in [0.1, 0.15) is 0 Å². The number of hydrogen-bond donors (Lipinski definition) is 1. The van der Waals surface area contributed by atoms with Crippen LogP contribution >= 0.6 is 0 Å². The van der Waals surface area contributed by atoms with E-state index < -0.39 is 5.92 Å². The molecule has 4 atom stereocenters. The molecule has 1 aromatic heterocycles. The molecule has 0 amide bonds. The van der Waals surface area contributed by atoms with Crippen LogP contribution in [0.5, 0.6) is 0 Å². The number of fused-ring (bicyclic) bond motifs is 4. The van der Waals surface area contributed by atoms with Crippen molar-refractivity contribution in [2.75, 3.05) is 20.3 Å². The Balaban J connectivity index is 1.80. The van der Waals surface area contributed by atoms with Gasteiger partial charge in [0.05, 0.1) is 19.1 Å². The second-order valence-electron chi connectivity index (χ2n) is 8.38. The van der Waals surface area contributed by atoms with Gasteiger partial charge < -0.3 is 14.4 Å². The third kappa shape index (κ3) is 3.03. The second-order valence-corrected chi connectivity index (χ2v) is 8.38. The molecule has 2 aliphatic heterocycles. The van der Waals surface area contributed by atoms with Crippen molar-refractivity contribution in [1.82, 2.24) is 9.47 Å². The van der Waals surface area contributed by atoms with Crippen LogP contribution in [0.15, 0.2) is 23.0 Å². The van der Waals surface area contributed by atoms with E-state index in [2.05, 4.69) is 4.90 Å². The van der Waals surface area contributed by atoms with Crippen LogP contribution in [0, 0.1) is 17.8 Å². The maximum atomic E-state index is 13.0. The van der Waals surface area contributed by atoms with E-state index >= 15 is 0 Å². The van der Waals surface area contributed by atoms with Gasteiger partial charge in [-0.1, -0.05) is 25.0 Å². The van der Waals surface area contributed by atoms with Crippen molar-refractivity contribution < 1.29 is 14.6 Å². The van der Waals surface area contributed by atoms with E-state index in [1.807, 2.05) is 35.8 Å². The number of allylic oxidation sites excluding steroid dienone is 1. The first-order valence-electron chi connectivity index (χ1n) is 10.4. The van der Waals surface area contributed by atoms with Gasteiger partial charge in [-0.05, 0) is 37.8 Å². The Labute approximate surface area is 165 Å². The van der Waals surface area contributed by atoms with Gasteiger partial charge in [0.25, 0.3) is 5.56 Å². The van der Waals surface area contributed by atoms with E-state index in [9.17, 15) is 14.7 Å². The Morgan fingerprint density at radius 2 is 2.07 bits per heavy atom. The first kappa shape index (κ1) is 19.4. The molecule has 1 saturated heterocycles. The Hall–Kier alpha value is -1.92. The van der Waals surface area contributed by atoms with Crippen molar-refractivity contribution in [3.05, 3.63) is 39.8 Å². The minimum absolute atomic E-state index is 0.0201. The molecular weight excluding hydrogens is 356 g/mol. The highest BCUT2D eigenvalue weighted by molar-refractivity contribution is 5.74. The summed E-state index contributed by atoms with van der Waals surface area (Å²) in [6.07, 6.45) is 8.65. The number of aliphatic hydroxyl groups excluding tert-OH is 1. The van der Waals surface area contributed by atoms with E-state index in [0.29, 0.717) is 18.0 Å². The minimum atomic E-state index is -0.442. The van der Waals surface area contributed by atoms with Crippen LogP contribution in [0.1, 0.15) is 49.9 Å². The summed E-state index contributed by atoms with van der Waals surface area (Å²) in [6.45, 7) is 3.25. The number of aliphatic hydroxyl groups is 1. The summed E-state index contributed by atoms with van der Waals surface area (Å²) in [7, 11) is 1.41. The lowest BCUT2D eigenvalue weighted by molar-refractivity contribution is -0.148. The van der Waals surface area contributed by atoms with Gasteiger partial charge in [-0.2, -0.15) is 0 Å². The van der Waals surface area contributed by atoms with Gasteiger partial charge in [-0.25, -0.2) is 0 Å². The highest BCUT2D eigenvalue weighted by Gasteiger charge is 2.56. The summed E-state index contributed by atoms with van der Waals surface area (Å²) in [5, 5.41) is 10.2. The number of nitrogens with zero attached hydrogens (tertiary/aromatic N) is 2. The summed E-state index contributed by atoms with van der Waals surface area (Å²) in [5.74, 6) is -0.326. The van der Waals surface area contributed by atoms with E-state index in [1.165, 1.54) is 32.8 Å². The van der Waals surface area contributed by atoms with E-state index in [0.717, 1.165) is 12.2 Å². The molecule has 2 fully saturated rings. The molecule has 1 aromatic rings. The average molecular weight is 386 g/mol. The molecule has 2 bridgehead atoms. The van der Waals surface area contributed by atoms with Gasteiger partial charge in [0, 0.05) is 42.9 Å². The minimum Gasteiger partial charge on any atom is -0.469 e. The molecule has 0 unspecified atom stereocenters. The molecule has 6 nitrogen and oxygen atoms in total. The van der Waals surface area contributed by atoms with Crippen LogP contribution in [-0.4, -0.2) is 46.8 Å². The molecule has 3 aliphatic rings. The fourth-order valence-electron chi connectivity index (χ4n) is 5.69. The van der Waals surface area contributed by atoms with Crippen molar-refractivity contribution in [2.45, 2.75) is 51.2 Å². The molecule has 1 aliphatic carbocycles. The standard InChI is InChI=1S/C22H30N2O4/c1-3-6-15-9-10-17-20-19(22(27)28-2)16(13-25)18(12-24(17)21(15)26)23(20)11-14-7-4-5-8-14/h3,6,9-10,14,16,18-20,25H,4-5,7-8,11-13H2,1-2H3/b6-3-/t16-,18-,19+,20+/m1/s1. The number of hydrogen-bond acceptors (Lipinski definition) is 5. The normalized spacial score (nSPS) is 30.1. The maximum Gasteiger partial charge on any atom is 0.311 e. The fourth-order valence-corrected chi connectivity index (χ4v) is 5.69. The zero-order valence-corrected chi connectivity index (χ0v) is 16.7. The number of methoxy groups -OCH3 is 1. The SMILES string of the molecule is C/C=C\c1ccc2n(c1=O)C[C@@H]1[C@@H](CO)[C@H](C(=O)OC)[C@H]2N1CC1CCCC1. The third-order valence-electron chi connectivity index (χ3n) is 6.96. The number of rotatable bonds is 5. The first-order chi connectivity index (χ1) is 13.6. The van der Waals surface area contributed by atoms with Crippen molar-refractivity contribution in [3.8, 4) is 0 Å².